The lowest BCUT2D eigenvalue weighted by Gasteiger charge is -2.20. The molecule has 0 aliphatic heterocycles. The standard InChI is InChI=1S/C15H14BrClN2S/c1-19(9-10-3-2-4-11(16)7-10)12-5-6-13(15(18)20)14(17)8-12/h2-8H,9H2,1H3,(H2,18,20). The molecular formula is C15H14BrClN2S. The van der Waals surface area contributed by atoms with E-state index in [1.807, 2.05) is 37.4 Å². The molecule has 0 aromatic heterocycles. The molecule has 0 saturated heterocycles. The van der Waals surface area contributed by atoms with Crippen molar-refractivity contribution >= 4 is 50.4 Å². The van der Waals surface area contributed by atoms with Gasteiger partial charge in [-0.1, -0.05) is 51.9 Å². The Labute approximate surface area is 137 Å². The van der Waals surface area contributed by atoms with Gasteiger partial charge in [-0.2, -0.15) is 0 Å². The molecule has 104 valence electrons. The molecule has 0 bridgehead atoms. The van der Waals surface area contributed by atoms with E-state index in [1.54, 1.807) is 0 Å². The number of nitrogens with zero attached hydrogens (tertiary/aromatic N) is 1. The van der Waals surface area contributed by atoms with E-state index >= 15 is 0 Å². The van der Waals surface area contributed by atoms with Crippen LogP contribution in [0.2, 0.25) is 5.02 Å². The van der Waals surface area contributed by atoms with Crippen molar-refractivity contribution in [3.8, 4) is 0 Å². The highest BCUT2D eigenvalue weighted by molar-refractivity contribution is 9.10. The van der Waals surface area contributed by atoms with Gasteiger partial charge in [-0.25, -0.2) is 0 Å². The minimum Gasteiger partial charge on any atom is -0.389 e. The molecule has 0 aliphatic rings. The molecule has 0 unspecified atom stereocenters. The summed E-state index contributed by atoms with van der Waals surface area (Å²) in [5, 5.41) is 0.580. The smallest absolute Gasteiger partial charge is 0.105 e. The Morgan fingerprint density at radius 3 is 2.65 bits per heavy atom. The van der Waals surface area contributed by atoms with E-state index in [2.05, 4.69) is 33.0 Å². The summed E-state index contributed by atoms with van der Waals surface area (Å²) in [6, 6.07) is 13.9. The minimum atomic E-state index is 0.316. The van der Waals surface area contributed by atoms with Crippen molar-refractivity contribution in [1.82, 2.24) is 0 Å². The number of halogens is 2. The molecule has 0 heterocycles. The summed E-state index contributed by atoms with van der Waals surface area (Å²) >= 11 is 14.6. The molecule has 0 saturated carbocycles. The van der Waals surface area contributed by atoms with Gasteiger partial charge in [0.15, 0.2) is 0 Å². The molecule has 2 aromatic carbocycles. The monoisotopic (exact) mass is 368 g/mol. The van der Waals surface area contributed by atoms with E-state index in [-0.39, 0.29) is 0 Å². The molecule has 0 spiro atoms. The number of hydrogen-bond acceptors (Lipinski definition) is 2. The summed E-state index contributed by atoms with van der Waals surface area (Å²) in [6.07, 6.45) is 0. The zero-order valence-corrected chi connectivity index (χ0v) is 14.1. The van der Waals surface area contributed by atoms with Gasteiger partial charge in [-0.05, 0) is 35.9 Å². The summed E-state index contributed by atoms with van der Waals surface area (Å²) < 4.78 is 1.07. The second-order valence-electron chi connectivity index (χ2n) is 4.51. The largest absolute Gasteiger partial charge is 0.389 e. The number of nitrogens with two attached hydrogens (primary N) is 1. The van der Waals surface area contributed by atoms with Crippen molar-refractivity contribution in [2.75, 3.05) is 11.9 Å². The van der Waals surface area contributed by atoms with Crippen LogP contribution in [0.3, 0.4) is 0 Å². The topological polar surface area (TPSA) is 29.3 Å². The highest BCUT2D eigenvalue weighted by Crippen LogP contribution is 2.24. The van der Waals surface area contributed by atoms with Crippen LogP contribution in [0.4, 0.5) is 5.69 Å². The first-order valence-electron chi connectivity index (χ1n) is 6.02. The third kappa shape index (κ3) is 3.72. The highest BCUT2D eigenvalue weighted by Gasteiger charge is 2.08. The Balaban J connectivity index is 2.19. The van der Waals surface area contributed by atoms with Crippen LogP contribution in [-0.2, 0) is 6.54 Å². The van der Waals surface area contributed by atoms with E-state index in [9.17, 15) is 0 Å². The first kappa shape index (κ1) is 15.3. The van der Waals surface area contributed by atoms with Gasteiger partial charge >= 0.3 is 0 Å². The normalized spacial score (nSPS) is 10.3. The Hall–Kier alpha value is -1.10. The lowest BCUT2D eigenvalue weighted by molar-refractivity contribution is 0.922. The number of benzene rings is 2. The molecule has 20 heavy (non-hydrogen) atoms. The van der Waals surface area contributed by atoms with Crippen LogP contribution in [0.15, 0.2) is 46.9 Å². The molecular weight excluding hydrogens is 356 g/mol. The fraction of sp³-hybridized carbons (Fsp3) is 0.133. The SMILES string of the molecule is CN(Cc1cccc(Br)c1)c1ccc(C(N)=S)c(Cl)c1. The van der Waals surface area contributed by atoms with Gasteiger partial charge in [0.25, 0.3) is 0 Å². The van der Waals surface area contributed by atoms with Gasteiger partial charge < -0.3 is 10.6 Å². The van der Waals surface area contributed by atoms with Gasteiger partial charge in [0.1, 0.15) is 4.99 Å². The maximum atomic E-state index is 6.20. The Kier molecular flexibility index (Phi) is 5.02. The molecule has 2 nitrogen and oxygen atoms in total. The van der Waals surface area contributed by atoms with Gasteiger partial charge in [0.2, 0.25) is 0 Å². The fourth-order valence-electron chi connectivity index (χ4n) is 1.94. The maximum absolute atomic E-state index is 6.20. The van der Waals surface area contributed by atoms with Crippen LogP contribution < -0.4 is 10.6 Å². The van der Waals surface area contributed by atoms with Crippen molar-refractivity contribution in [1.29, 1.82) is 0 Å². The van der Waals surface area contributed by atoms with Crippen LogP contribution in [0.5, 0.6) is 0 Å². The second kappa shape index (κ2) is 6.57. The zero-order chi connectivity index (χ0) is 14.7. The van der Waals surface area contributed by atoms with Crippen molar-refractivity contribution in [3.63, 3.8) is 0 Å². The van der Waals surface area contributed by atoms with Crippen LogP contribution in [0.25, 0.3) is 0 Å². The van der Waals surface area contributed by atoms with Gasteiger partial charge in [-0.15, -0.1) is 0 Å². The number of rotatable bonds is 4. The second-order valence-corrected chi connectivity index (χ2v) is 6.28. The average molecular weight is 370 g/mol. The lowest BCUT2D eigenvalue weighted by atomic mass is 10.1. The number of hydrogen-bond donors (Lipinski definition) is 1. The third-order valence-electron chi connectivity index (χ3n) is 2.97. The molecule has 2 aromatic rings. The molecule has 0 amide bonds. The van der Waals surface area contributed by atoms with Crippen LogP contribution in [0, 0.1) is 0 Å². The van der Waals surface area contributed by atoms with E-state index in [0.717, 1.165) is 16.7 Å². The van der Waals surface area contributed by atoms with Crippen LogP contribution in [0.1, 0.15) is 11.1 Å². The van der Waals surface area contributed by atoms with E-state index in [0.29, 0.717) is 15.6 Å². The van der Waals surface area contributed by atoms with Gasteiger partial charge in [-0.3, -0.25) is 0 Å². The van der Waals surface area contributed by atoms with E-state index in [1.165, 1.54) is 5.56 Å². The molecule has 0 atom stereocenters. The van der Waals surface area contributed by atoms with Crippen molar-refractivity contribution < 1.29 is 0 Å². The predicted octanol–water partition coefficient (Wildman–Crippen LogP) is 4.37. The quantitative estimate of drug-likeness (QED) is 0.811. The molecule has 0 radical (unpaired) electrons. The molecule has 2 rings (SSSR count). The van der Waals surface area contributed by atoms with Crippen LogP contribution in [-0.4, -0.2) is 12.0 Å². The van der Waals surface area contributed by atoms with Crippen LogP contribution >= 0.6 is 39.7 Å². The number of anilines is 1. The maximum Gasteiger partial charge on any atom is 0.105 e. The lowest BCUT2D eigenvalue weighted by Crippen LogP contribution is -2.17. The Morgan fingerprint density at radius 1 is 1.30 bits per heavy atom. The van der Waals surface area contributed by atoms with Gasteiger partial charge in [0.05, 0.1) is 5.02 Å². The molecule has 0 fully saturated rings. The summed E-state index contributed by atoms with van der Waals surface area (Å²) in [6.45, 7) is 0.794. The zero-order valence-electron chi connectivity index (χ0n) is 10.9. The first-order valence-corrected chi connectivity index (χ1v) is 7.60. The van der Waals surface area contributed by atoms with E-state index < -0.39 is 0 Å². The summed E-state index contributed by atoms with van der Waals surface area (Å²) in [4.78, 5) is 2.44. The van der Waals surface area contributed by atoms with Crippen molar-refractivity contribution in [2.24, 2.45) is 5.73 Å². The predicted molar refractivity (Wildman–Crippen MR) is 93.6 cm³/mol. The fourth-order valence-corrected chi connectivity index (χ4v) is 2.90. The summed E-state index contributed by atoms with van der Waals surface area (Å²) in [5.41, 5.74) is 8.56. The Morgan fingerprint density at radius 2 is 2.05 bits per heavy atom. The van der Waals surface area contributed by atoms with E-state index in [4.69, 9.17) is 29.6 Å². The summed E-state index contributed by atoms with van der Waals surface area (Å²) in [7, 11) is 2.02. The minimum absolute atomic E-state index is 0.316. The Bertz CT molecular complexity index is 646. The van der Waals surface area contributed by atoms with Crippen molar-refractivity contribution in [2.45, 2.75) is 6.54 Å². The average Bonchev–Trinajstić information content (AvgIpc) is 2.38. The molecule has 5 heteroatoms. The molecule has 2 N–H and O–H groups in total. The van der Waals surface area contributed by atoms with Gasteiger partial charge in [0, 0.05) is 29.3 Å². The third-order valence-corrected chi connectivity index (χ3v) is 3.99. The van der Waals surface area contributed by atoms with Crippen molar-refractivity contribution in [3.05, 3.63) is 63.1 Å². The highest BCUT2D eigenvalue weighted by atomic mass is 79.9. The first-order chi connectivity index (χ1) is 9.47. The number of thiocarbonyl (C=S) groups is 1. The summed E-state index contributed by atoms with van der Waals surface area (Å²) in [5.74, 6) is 0. The molecule has 0 aliphatic carbocycles.